The van der Waals surface area contributed by atoms with Crippen molar-refractivity contribution in [2.75, 3.05) is 6.61 Å². The number of benzene rings is 1. The monoisotopic (exact) mass is 336 g/mol. The van der Waals surface area contributed by atoms with Crippen molar-refractivity contribution in [3.63, 3.8) is 0 Å². The molecule has 1 atom stereocenters. The van der Waals surface area contributed by atoms with Gasteiger partial charge in [-0.1, -0.05) is 17.7 Å². The second kappa shape index (κ2) is 7.03. The molecule has 1 aromatic carbocycles. The predicted molar refractivity (Wildman–Crippen MR) is 88.6 cm³/mol. The summed E-state index contributed by atoms with van der Waals surface area (Å²) in [6.45, 7) is 1.17. The number of urea groups is 1. The number of rotatable bonds is 3. The van der Waals surface area contributed by atoms with Gasteiger partial charge in [0.1, 0.15) is 5.75 Å². The third-order valence-electron chi connectivity index (χ3n) is 3.58. The van der Waals surface area contributed by atoms with Gasteiger partial charge in [-0.3, -0.25) is 0 Å². The van der Waals surface area contributed by atoms with Crippen LogP contribution in [-0.2, 0) is 6.54 Å². The number of ether oxygens (including phenoxy) is 1. The van der Waals surface area contributed by atoms with E-state index in [9.17, 15) is 4.79 Å². The molecule has 22 heavy (non-hydrogen) atoms. The molecule has 4 nitrogen and oxygen atoms in total. The fourth-order valence-electron chi connectivity index (χ4n) is 2.48. The van der Waals surface area contributed by atoms with Crippen LogP contribution in [0.1, 0.15) is 30.0 Å². The first-order valence-corrected chi connectivity index (χ1v) is 8.52. The van der Waals surface area contributed by atoms with Crippen LogP contribution in [-0.4, -0.2) is 12.6 Å². The van der Waals surface area contributed by atoms with Crippen molar-refractivity contribution in [2.24, 2.45) is 0 Å². The lowest BCUT2D eigenvalue weighted by Crippen LogP contribution is -2.37. The molecule has 0 spiro atoms. The van der Waals surface area contributed by atoms with Crippen molar-refractivity contribution in [2.45, 2.75) is 25.4 Å². The molecule has 1 aromatic heterocycles. The van der Waals surface area contributed by atoms with Gasteiger partial charge in [0.15, 0.2) is 0 Å². The van der Waals surface area contributed by atoms with Gasteiger partial charge in [0, 0.05) is 17.1 Å². The number of carbonyl (C=O) groups is 1. The number of fused-ring (bicyclic) bond motifs is 1. The molecule has 0 bridgehead atoms. The summed E-state index contributed by atoms with van der Waals surface area (Å²) >= 11 is 7.63. The van der Waals surface area contributed by atoms with Gasteiger partial charge in [-0.2, -0.15) is 11.3 Å². The molecule has 2 heterocycles. The number of thiophene rings is 1. The number of halogens is 1. The first kappa shape index (κ1) is 15.2. The molecule has 0 fully saturated rings. The largest absolute Gasteiger partial charge is 0.493 e. The van der Waals surface area contributed by atoms with Crippen LogP contribution < -0.4 is 15.4 Å². The number of amides is 2. The van der Waals surface area contributed by atoms with Crippen LogP contribution in [0.5, 0.6) is 5.75 Å². The number of hydrogen-bond donors (Lipinski definition) is 2. The average molecular weight is 337 g/mol. The quantitative estimate of drug-likeness (QED) is 0.886. The Hall–Kier alpha value is -1.72. The molecule has 0 radical (unpaired) electrons. The Morgan fingerprint density at radius 1 is 1.41 bits per heavy atom. The van der Waals surface area contributed by atoms with Crippen molar-refractivity contribution in [1.29, 1.82) is 0 Å². The fraction of sp³-hybridized carbons (Fsp3) is 0.312. The SMILES string of the molecule is O=C(NCc1ccsc1)NC1CCCOc2cc(Cl)ccc21. The van der Waals surface area contributed by atoms with E-state index in [1.54, 1.807) is 17.4 Å². The van der Waals surface area contributed by atoms with Gasteiger partial charge in [-0.15, -0.1) is 0 Å². The summed E-state index contributed by atoms with van der Waals surface area (Å²) in [5.74, 6) is 0.758. The molecule has 6 heteroatoms. The lowest BCUT2D eigenvalue weighted by atomic mass is 10.0. The molecule has 0 saturated carbocycles. The summed E-state index contributed by atoms with van der Waals surface area (Å²) in [6.07, 6.45) is 1.74. The van der Waals surface area contributed by atoms with E-state index in [1.165, 1.54) is 0 Å². The Kier molecular flexibility index (Phi) is 4.85. The van der Waals surface area contributed by atoms with Crippen molar-refractivity contribution < 1.29 is 9.53 Å². The lowest BCUT2D eigenvalue weighted by Gasteiger charge is -2.19. The zero-order valence-electron chi connectivity index (χ0n) is 12.0. The molecular weight excluding hydrogens is 320 g/mol. The highest BCUT2D eigenvalue weighted by Gasteiger charge is 2.21. The molecule has 2 N–H and O–H groups in total. The molecule has 1 unspecified atom stereocenters. The highest BCUT2D eigenvalue weighted by Crippen LogP contribution is 2.33. The zero-order chi connectivity index (χ0) is 15.4. The topological polar surface area (TPSA) is 50.4 Å². The molecule has 0 aliphatic carbocycles. The summed E-state index contributed by atoms with van der Waals surface area (Å²) in [6, 6.07) is 7.33. The van der Waals surface area contributed by atoms with E-state index in [-0.39, 0.29) is 12.1 Å². The van der Waals surface area contributed by atoms with E-state index >= 15 is 0 Å². The van der Waals surface area contributed by atoms with Gasteiger partial charge < -0.3 is 15.4 Å². The molecule has 1 aliphatic heterocycles. The Morgan fingerprint density at radius 3 is 3.14 bits per heavy atom. The van der Waals surface area contributed by atoms with Crippen LogP contribution in [0, 0.1) is 0 Å². The highest BCUT2D eigenvalue weighted by molar-refractivity contribution is 7.07. The van der Waals surface area contributed by atoms with Crippen LogP contribution in [0.25, 0.3) is 0 Å². The minimum atomic E-state index is -0.168. The molecule has 116 valence electrons. The van der Waals surface area contributed by atoms with E-state index in [0.29, 0.717) is 18.2 Å². The van der Waals surface area contributed by atoms with Gasteiger partial charge in [0.05, 0.1) is 12.6 Å². The minimum Gasteiger partial charge on any atom is -0.493 e. The van der Waals surface area contributed by atoms with Gasteiger partial charge >= 0.3 is 6.03 Å². The van der Waals surface area contributed by atoms with E-state index < -0.39 is 0 Å². The molecule has 2 amide bonds. The fourth-order valence-corrected chi connectivity index (χ4v) is 3.31. The summed E-state index contributed by atoms with van der Waals surface area (Å²) in [5, 5.41) is 10.6. The summed E-state index contributed by atoms with van der Waals surface area (Å²) in [4.78, 5) is 12.1. The Labute approximate surface area is 138 Å². The molecule has 3 rings (SSSR count). The summed E-state index contributed by atoms with van der Waals surface area (Å²) in [7, 11) is 0. The van der Waals surface area contributed by atoms with E-state index in [4.69, 9.17) is 16.3 Å². The molecular formula is C16H17ClN2O2S. The van der Waals surface area contributed by atoms with Crippen LogP contribution >= 0.6 is 22.9 Å². The second-order valence-electron chi connectivity index (χ2n) is 5.18. The van der Waals surface area contributed by atoms with Crippen LogP contribution in [0.3, 0.4) is 0 Å². The lowest BCUT2D eigenvalue weighted by molar-refractivity contribution is 0.236. The maximum atomic E-state index is 12.1. The summed E-state index contributed by atoms with van der Waals surface area (Å²) in [5.41, 5.74) is 2.09. The van der Waals surface area contributed by atoms with Crippen molar-refractivity contribution in [3.05, 3.63) is 51.2 Å². The molecule has 2 aromatic rings. The number of carbonyl (C=O) groups excluding carboxylic acids is 1. The molecule has 1 aliphatic rings. The minimum absolute atomic E-state index is 0.0581. The number of hydrogen-bond acceptors (Lipinski definition) is 3. The Morgan fingerprint density at radius 2 is 2.32 bits per heavy atom. The van der Waals surface area contributed by atoms with Gasteiger partial charge in [0.25, 0.3) is 0 Å². The van der Waals surface area contributed by atoms with Crippen molar-refractivity contribution in [3.8, 4) is 5.75 Å². The standard InChI is InChI=1S/C16H17ClN2O2S/c17-12-3-4-13-14(2-1-6-21-15(13)8-12)19-16(20)18-9-11-5-7-22-10-11/h3-5,7-8,10,14H,1-2,6,9H2,(H2,18,19,20). The molecule has 0 saturated heterocycles. The van der Waals surface area contributed by atoms with Crippen molar-refractivity contribution in [1.82, 2.24) is 10.6 Å². The Balaban J connectivity index is 1.65. The maximum Gasteiger partial charge on any atom is 0.315 e. The van der Waals surface area contributed by atoms with Crippen molar-refractivity contribution >= 4 is 29.0 Å². The van der Waals surface area contributed by atoms with Crippen LogP contribution in [0.4, 0.5) is 4.79 Å². The first-order valence-electron chi connectivity index (χ1n) is 7.20. The van der Waals surface area contributed by atoms with Crippen LogP contribution in [0.2, 0.25) is 5.02 Å². The smallest absolute Gasteiger partial charge is 0.315 e. The maximum absolute atomic E-state index is 12.1. The Bertz CT molecular complexity index is 646. The van der Waals surface area contributed by atoms with Gasteiger partial charge in [-0.05, 0) is 47.4 Å². The predicted octanol–water partition coefficient (Wildman–Crippen LogP) is 4.11. The normalized spacial score (nSPS) is 17.0. The van der Waals surface area contributed by atoms with E-state index in [1.807, 2.05) is 29.0 Å². The third kappa shape index (κ3) is 3.72. The van der Waals surface area contributed by atoms with Crippen LogP contribution in [0.15, 0.2) is 35.0 Å². The van der Waals surface area contributed by atoms with E-state index in [2.05, 4.69) is 10.6 Å². The van der Waals surface area contributed by atoms with E-state index in [0.717, 1.165) is 29.7 Å². The third-order valence-corrected chi connectivity index (χ3v) is 4.55. The van der Waals surface area contributed by atoms with Gasteiger partial charge in [0.2, 0.25) is 0 Å². The second-order valence-corrected chi connectivity index (χ2v) is 6.40. The highest BCUT2D eigenvalue weighted by atomic mass is 35.5. The summed E-state index contributed by atoms with van der Waals surface area (Å²) < 4.78 is 5.71. The number of nitrogens with one attached hydrogen (secondary N) is 2. The van der Waals surface area contributed by atoms with Gasteiger partial charge in [-0.25, -0.2) is 4.79 Å². The first-order chi connectivity index (χ1) is 10.7. The average Bonchev–Trinajstić information content (AvgIpc) is 2.95. The zero-order valence-corrected chi connectivity index (χ0v) is 13.5.